The Bertz CT molecular complexity index is 1320. The van der Waals surface area contributed by atoms with Crippen LogP contribution in [0.25, 0.3) is 0 Å². The number of piperidine rings is 1. The van der Waals surface area contributed by atoms with Gasteiger partial charge in [-0.3, -0.25) is 9.80 Å². The standard InChI is InChI=1S/C27H31ClF2N6O4/c1-27(2,3)40-25(37)34-10-8-16(9-11-34)24-31-33-35(32-24)15-22-23(17-12-19(29)14-20(30)13-17)36(26(38)39-22)21-6-4-18(28)5-7-21/h4-7,12-14,16,22-23,25,37H,8-11,15H2,1-3H3/t22-,23-,25?/m0/s1. The highest BCUT2D eigenvalue weighted by molar-refractivity contribution is 6.30. The molecule has 10 nitrogen and oxygen atoms in total. The van der Waals surface area contributed by atoms with E-state index in [1.807, 2.05) is 25.7 Å². The molecule has 1 unspecified atom stereocenters. The van der Waals surface area contributed by atoms with Gasteiger partial charge in [0.15, 0.2) is 5.82 Å². The fourth-order valence-corrected chi connectivity index (χ4v) is 5.20. The quantitative estimate of drug-likeness (QED) is 0.406. The zero-order chi connectivity index (χ0) is 28.6. The molecule has 1 aromatic heterocycles. The number of hydrogen-bond donors (Lipinski definition) is 1. The number of tetrazole rings is 1. The van der Waals surface area contributed by atoms with Crippen molar-refractivity contribution in [1.82, 2.24) is 25.1 Å². The van der Waals surface area contributed by atoms with Gasteiger partial charge in [-0.05, 0) is 80.8 Å². The van der Waals surface area contributed by atoms with Gasteiger partial charge in [-0.2, -0.15) is 4.80 Å². The minimum Gasteiger partial charge on any atom is -0.441 e. The molecule has 5 rings (SSSR count). The van der Waals surface area contributed by atoms with Gasteiger partial charge in [0.2, 0.25) is 6.41 Å². The number of amides is 1. The highest BCUT2D eigenvalue weighted by atomic mass is 35.5. The molecule has 3 heterocycles. The van der Waals surface area contributed by atoms with E-state index in [-0.39, 0.29) is 18.0 Å². The monoisotopic (exact) mass is 576 g/mol. The van der Waals surface area contributed by atoms with E-state index in [4.69, 9.17) is 21.1 Å². The van der Waals surface area contributed by atoms with E-state index >= 15 is 0 Å². The molecule has 0 aliphatic carbocycles. The van der Waals surface area contributed by atoms with Crippen LogP contribution in [-0.4, -0.2) is 67.5 Å². The molecule has 2 fully saturated rings. The molecule has 13 heteroatoms. The van der Waals surface area contributed by atoms with Crippen LogP contribution in [0.15, 0.2) is 42.5 Å². The Morgan fingerprint density at radius 1 is 1.12 bits per heavy atom. The molecular weight excluding hydrogens is 546 g/mol. The molecule has 0 saturated carbocycles. The number of anilines is 1. The van der Waals surface area contributed by atoms with E-state index in [2.05, 4.69) is 15.4 Å². The third-order valence-corrected chi connectivity index (χ3v) is 7.14. The minimum atomic E-state index is -0.991. The van der Waals surface area contributed by atoms with Crippen molar-refractivity contribution in [3.8, 4) is 0 Å². The van der Waals surface area contributed by atoms with Crippen molar-refractivity contribution in [2.24, 2.45) is 0 Å². The number of nitrogens with zero attached hydrogens (tertiary/aromatic N) is 6. The summed E-state index contributed by atoms with van der Waals surface area (Å²) in [5.41, 5.74) is 0.220. The lowest BCUT2D eigenvalue weighted by molar-refractivity contribution is -0.242. The summed E-state index contributed by atoms with van der Waals surface area (Å²) in [5.74, 6) is -0.973. The Hall–Kier alpha value is -3.19. The van der Waals surface area contributed by atoms with Crippen LogP contribution in [0.1, 0.15) is 57.0 Å². The summed E-state index contributed by atoms with van der Waals surface area (Å²) in [6.07, 6.45) is -1.13. The maximum absolute atomic E-state index is 14.2. The minimum absolute atomic E-state index is 0.0165. The van der Waals surface area contributed by atoms with Gasteiger partial charge >= 0.3 is 6.09 Å². The molecular formula is C27H31ClF2N6O4. The van der Waals surface area contributed by atoms with Crippen LogP contribution in [0.5, 0.6) is 0 Å². The fraction of sp³-hybridized carbons (Fsp3) is 0.481. The number of carbonyl (C=O) groups excluding carboxylic acids is 1. The molecule has 214 valence electrons. The van der Waals surface area contributed by atoms with Crippen LogP contribution in [0, 0.1) is 11.6 Å². The lowest BCUT2D eigenvalue weighted by Crippen LogP contribution is -2.45. The second-order valence-corrected chi connectivity index (χ2v) is 11.4. The van der Waals surface area contributed by atoms with Crippen LogP contribution in [0.2, 0.25) is 5.02 Å². The van der Waals surface area contributed by atoms with Crippen LogP contribution >= 0.6 is 11.6 Å². The molecule has 2 aliphatic rings. The molecule has 2 aromatic carbocycles. The first kappa shape index (κ1) is 28.3. The van der Waals surface area contributed by atoms with E-state index in [9.17, 15) is 18.7 Å². The number of carbonyl (C=O) groups is 1. The fourth-order valence-electron chi connectivity index (χ4n) is 5.07. The van der Waals surface area contributed by atoms with E-state index in [0.717, 1.165) is 6.07 Å². The molecule has 1 N–H and O–H groups in total. The summed E-state index contributed by atoms with van der Waals surface area (Å²) in [6, 6.07) is 8.77. The summed E-state index contributed by atoms with van der Waals surface area (Å²) in [5, 5.41) is 23.8. The van der Waals surface area contributed by atoms with Gasteiger partial charge < -0.3 is 14.6 Å². The molecule has 0 radical (unpaired) electrons. The second kappa shape index (κ2) is 11.4. The zero-order valence-corrected chi connectivity index (χ0v) is 23.1. The summed E-state index contributed by atoms with van der Waals surface area (Å²) in [4.78, 5) is 17.6. The maximum atomic E-state index is 14.2. The summed E-state index contributed by atoms with van der Waals surface area (Å²) in [6.45, 7) is 6.87. The number of halogens is 3. The highest BCUT2D eigenvalue weighted by Gasteiger charge is 2.44. The highest BCUT2D eigenvalue weighted by Crippen LogP contribution is 2.39. The first-order valence-corrected chi connectivity index (χ1v) is 13.4. The third-order valence-electron chi connectivity index (χ3n) is 6.89. The SMILES string of the molecule is CC(C)(C)OC(O)N1CCC(c2nnn(C[C@@H]3OC(=O)N(c4ccc(Cl)cc4)[C@H]3c3cc(F)cc(F)c3)n2)CC1. The number of rotatable bonds is 7. The lowest BCUT2D eigenvalue weighted by Gasteiger charge is -2.36. The molecule has 2 aliphatic heterocycles. The second-order valence-electron chi connectivity index (χ2n) is 11.0. The normalized spacial score (nSPS) is 21.6. The number of benzene rings is 2. The Kier molecular flexibility index (Phi) is 8.05. The van der Waals surface area contributed by atoms with Crippen molar-refractivity contribution in [2.45, 2.75) is 70.2 Å². The Morgan fingerprint density at radius 2 is 1.77 bits per heavy atom. The lowest BCUT2D eigenvalue weighted by atomic mass is 9.96. The zero-order valence-electron chi connectivity index (χ0n) is 22.4. The number of ether oxygens (including phenoxy) is 2. The molecule has 3 aromatic rings. The van der Waals surface area contributed by atoms with Crippen molar-refractivity contribution in [2.75, 3.05) is 18.0 Å². The number of aromatic nitrogens is 4. The number of cyclic esters (lactones) is 1. The summed E-state index contributed by atoms with van der Waals surface area (Å²) in [7, 11) is 0. The maximum Gasteiger partial charge on any atom is 0.415 e. The average Bonchev–Trinajstić information content (AvgIpc) is 3.47. The Balaban J connectivity index is 1.32. The number of aliphatic hydroxyl groups excluding tert-OH is 1. The summed E-state index contributed by atoms with van der Waals surface area (Å²) < 4.78 is 39.8. The van der Waals surface area contributed by atoms with Gasteiger partial charge in [0.05, 0.1) is 5.60 Å². The molecule has 0 spiro atoms. The summed E-state index contributed by atoms with van der Waals surface area (Å²) >= 11 is 6.02. The van der Waals surface area contributed by atoms with Crippen molar-refractivity contribution in [3.63, 3.8) is 0 Å². The predicted octanol–water partition coefficient (Wildman–Crippen LogP) is 4.64. The van der Waals surface area contributed by atoms with Crippen LogP contribution < -0.4 is 4.90 Å². The van der Waals surface area contributed by atoms with Crippen LogP contribution in [0.4, 0.5) is 19.3 Å². The van der Waals surface area contributed by atoms with Crippen molar-refractivity contribution < 1.29 is 28.2 Å². The van der Waals surface area contributed by atoms with E-state index in [1.54, 1.807) is 24.3 Å². The van der Waals surface area contributed by atoms with Crippen LogP contribution in [0.3, 0.4) is 0 Å². The molecule has 3 atom stereocenters. The number of likely N-dealkylation sites (tertiary alicyclic amines) is 1. The van der Waals surface area contributed by atoms with Crippen molar-refractivity contribution in [1.29, 1.82) is 0 Å². The number of hydrogen-bond acceptors (Lipinski definition) is 8. The molecule has 0 bridgehead atoms. The molecule has 40 heavy (non-hydrogen) atoms. The molecule has 2 saturated heterocycles. The average molecular weight is 577 g/mol. The predicted molar refractivity (Wildman–Crippen MR) is 142 cm³/mol. The van der Waals surface area contributed by atoms with Crippen molar-refractivity contribution in [3.05, 3.63) is 70.5 Å². The topological polar surface area (TPSA) is 106 Å². The van der Waals surface area contributed by atoms with E-state index in [1.165, 1.54) is 21.8 Å². The molecule has 1 amide bonds. The van der Waals surface area contributed by atoms with Crippen molar-refractivity contribution >= 4 is 23.4 Å². The van der Waals surface area contributed by atoms with E-state index in [0.29, 0.717) is 42.5 Å². The van der Waals surface area contributed by atoms with Gasteiger partial charge in [0.25, 0.3) is 0 Å². The van der Waals surface area contributed by atoms with Gasteiger partial charge in [-0.1, -0.05) is 11.6 Å². The Labute approximate surface area is 235 Å². The largest absolute Gasteiger partial charge is 0.441 e. The Morgan fingerprint density at radius 3 is 2.40 bits per heavy atom. The van der Waals surface area contributed by atoms with Gasteiger partial charge in [-0.25, -0.2) is 13.6 Å². The first-order chi connectivity index (χ1) is 19.0. The first-order valence-electron chi connectivity index (χ1n) is 13.1. The smallest absolute Gasteiger partial charge is 0.415 e. The van der Waals surface area contributed by atoms with E-state index < -0.39 is 41.9 Å². The van der Waals surface area contributed by atoms with Gasteiger partial charge in [0, 0.05) is 35.8 Å². The van der Waals surface area contributed by atoms with Crippen LogP contribution in [-0.2, 0) is 16.0 Å². The van der Waals surface area contributed by atoms with Gasteiger partial charge in [-0.15, -0.1) is 10.2 Å². The number of aliphatic hydroxyl groups is 1. The third kappa shape index (κ3) is 6.41. The van der Waals surface area contributed by atoms with Gasteiger partial charge in [0.1, 0.15) is 30.3 Å².